The van der Waals surface area contributed by atoms with Crippen molar-refractivity contribution in [3.05, 3.63) is 63.7 Å². The van der Waals surface area contributed by atoms with E-state index in [-0.39, 0.29) is 24.1 Å². The normalized spacial score (nSPS) is 18.2. The van der Waals surface area contributed by atoms with Crippen molar-refractivity contribution in [3.8, 4) is 11.5 Å². The lowest BCUT2D eigenvalue weighted by Gasteiger charge is -2.26. The fraction of sp³-hybridized carbons (Fsp3) is 0.348. The minimum atomic E-state index is -0.271. The van der Waals surface area contributed by atoms with Crippen molar-refractivity contribution in [2.24, 2.45) is 0 Å². The number of hydrogen-bond donors (Lipinski definition) is 0. The summed E-state index contributed by atoms with van der Waals surface area (Å²) in [5.74, 6) is 1.35. The number of halogens is 1. The van der Waals surface area contributed by atoms with Gasteiger partial charge in [0.15, 0.2) is 11.5 Å². The number of ether oxygens (including phenoxy) is 2. The van der Waals surface area contributed by atoms with E-state index in [1.54, 1.807) is 18.2 Å². The number of hydrogen-bond acceptors (Lipinski definition) is 5. The van der Waals surface area contributed by atoms with Gasteiger partial charge in [0.2, 0.25) is 5.91 Å². The fourth-order valence-electron chi connectivity index (χ4n) is 4.28. The van der Waals surface area contributed by atoms with Gasteiger partial charge in [0.05, 0.1) is 36.5 Å². The average molecular weight is 440 g/mol. The van der Waals surface area contributed by atoms with Crippen molar-refractivity contribution in [2.45, 2.75) is 31.8 Å². The maximum atomic E-state index is 13.2. The van der Waals surface area contributed by atoms with Gasteiger partial charge in [0.1, 0.15) is 6.54 Å². The molecule has 2 aromatic carbocycles. The van der Waals surface area contributed by atoms with Gasteiger partial charge in [-0.05, 0) is 48.7 Å². The molecule has 0 aliphatic carbocycles. The summed E-state index contributed by atoms with van der Waals surface area (Å²) in [6.45, 7) is 1.85. The van der Waals surface area contributed by atoms with Gasteiger partial charge in [-0.3, -0.25) is 14.2 Å². The molecule has 1 aromatic heterocycles. The number of rotatable bonds is 3. The lowest BCUT2D eigenvalue weighted by molar-refractivity contribution is -0.132. The summed E-state index contributed by atoms with van der Waals surface area (Å²) in [5.41, 5.74) is 1.31. The van der Waals surface area contributed by atoms with E-state index in [9.17, 15) is 9.59 Å². The summed E-state index contributed by atoms with van der Waals surface area (Å²) in [4.78, 5) is 32.1. The van der Waals surface area contributed by atoms with Crippen LogP contribution in [0, 0.1) is 0 Å². The van der Waals surface area contributed by atoms with E-state index in [1.165, 1.54) is 10.9 Å². The number of fused-ring (bicyclic) bond motifs is 2. The van der Waals surface area contributed by atoms with Gasteiger partial charge < -0.3 is 14.4 Å². The summed E-state index contributed by atoms with van der Waals surface area (Å²) in [7, 11) is 0. The first-order valence-corrected chi connectivity index (χ1v) is 10.8. The van der Waals surface area contributed by atoms with Crippen molar-refractivity contribution < 1.29 is 14.3 Å². The summed E-state index contributed by atoms with van der Waals surface area (Å²) in [6, 6.07) is 10.8. The van der Waals surface area contributed by atoms with E-state index in [4.69, 9.17) is 21.1 Å². The lowest BCUT2D eigenvalue weighted by Crippen LogP contribution is -2.36. The maximum Gasteiger partial charge on any atom is 0.261 e. The Morgan fingerprint density at radius 1 is 1.10 bits per heavy atom. The molecule has 160 valence electrons. The Hall–Kier alpha value is -3.06. The van der Waals surface area contributed by atoms with E-state index < -0.39 is 0 Å². The number of amides is 1. The molecule has 0 bridgehead atoms. The molecular weight excluding hydrogens is 418 g/mol. The number of likely N-dealkylation sites (tertiary alicyclic amines) is 1. The number of aromatic nitrogens is 2. The number of carbonyl (C=O) groups excluding carboxylic acids is 1. The highest BCUT2D eigenvalue weighted by Gasteiger charge is 2.31. The first-order valence-electron chi connectivity index (χ1n) is 10.4. The quantitative estimate of drug-likeness (QED) is 0.623. The summed E-state index contributed by atoms with van der Waals surface area (Å²) in [5, 5.41) is 0.869. The van der Waals surface area contributed by atoms with Gasteiger partial charge in [0.25, 0.3) is 5.56 Å². The Balaban J connectivity index is 1.39. The molecule has 0 saturated carbocycles. The van der Waals surface area contributed by atoms with Crippen LogP contribution in [0.1, 0.15) is 30.9 Å². The van der Waals surface area contributed by atoms with Gasteiger partial charge in [-0.25, -0.2) is 4.98 Å². The van der Waals surface area contributed by atoms with Crippen molar-refractivity contribution >= 4 is 28.4 Å². The lowest BCUT2D eigenvalue weighted by atomic mass is 10.0. The van der Waals surface area contributed by atoms with Crippen LogP contribution in [-0.4, -0.2) is 40.1 Å². The second kappa shape index (κ2) is 8.23. The smallest absolute Gasteiger partial charge is 0.261 e. The zero-order valence-electron chi connectivity index (χ0n) is 16.9. The first-order chi connectivity index (χ1) is 15.1. The zero-order valence-corrected chi connectivity index (χ0v) is 17.7. The van der Waals surface area contributed by atoms with Gasteiger partial charge in [-0.15, -0.1) is 0 Å². The molecule has 1 fully saturated rings. The van der Waals surface area contributed by atoms with Crippen LogP contribution in [-0.2, 0) is 11.3 Å². The highest BCUT2D eigenvalue weighted by Crippen LogP contribution is 2.38. The highest BCUT2D eigenvalue weighted by molar-refractivity contribution is 6.31. The molecule has 1 unspecified atom stereocenters. The predicted molar refractivity (Wildman–Crippen MR) is 117 cm³/mol. The molecular formula is C23H22ClN3O4. The Morgan fingerprint density at radius 3 is 2.81 bits per heavy atom. The third-order valence-electron chi connectivity index (χ3n) is 5.82. The predicted octanol–water partition coefficient (Wildman–Crippen LogP) is 3.57. The van der Waals surface area contributed by atoms with E-state index in [1.807, 2.05) is 23.1 Å². The molecule has 1 amide bonds. The molecule has 1 atom stereocenters. The first kappa shape index (κ1) is 19.9. The average Bonchev–Trinajstić information content (AvgIpc) is 3.15. The van der Waals surface area contributed by atoms with Crippen LogP contribution in [0.3, 0.4) is 0 Å². The Bertz CT molecular complexity index is 1210. The molecule has 3 heterocycles. The highest BCUT2D eigenvalue weighted by atomic mass is 35.5. The number of carbonyl (C=O) groups is 1. The Labute approximate surface area is 184 Å². The summed E-state index contributed by atoms with van der Waals surface area (Å²) < 4.78 is 12.9. The molecule has 2 aliphatic heterocycles. The van der Waals surface area contributed by atoms with Crippen molar-refractivity contribution in [3.63, 3.8) is 0 Å². The molecule has 0 radical (unpaired) electrons. The Morgan fingerprint density at radius 2 is 1.94 bits per heavy atom. The largest absolute Gasteiger partial charge is 0.490 e. The van der Waals surface area contributed by atoms with E-state index >= 15 is 0 Å². The van der Waals surface area contributed by atoms with Crippen molar-refractivity contribution in [1.82, 2.24) is 14.5 Å². The second-order valence-corrected chi connectivity index (χ2v) is 8.28. The van der Waals surface area contributed by atoms with Gasteiger partial charge in [-0.2, -0.15) is 0 Å². The van der Waals surface area contributed by atoms with E-state index in [0.717, 1.165) is 36.3 Å². The Kier molecular flexibility index (Phi) is 5.28. The maximum absolute atomic E-state index is 13.2. The van der Waals surface area contributed by atoms with Crippen molar-refractivity contribution in [2.75, 3.05) is 19.8 Å². The zero-order chi connectivity index (χ0) is 21.4. The topological polar surface area (TPSA) is 73.7 Å². The van der Waals surface area contributed by atoms with Crippen LogP contribution in [0.25, 0.3) is 10.9 Å². The van der Waals surface area contributed by atoms with Gasteiger partial charge >= 0.3 is 0 Å². The second-order valence-electron chi connectivity index (χ2n) is 7.84. The SMILES string of the molecule is O=C(Cn1cnc2ccc(Cl)cc2c1=O)N1CCCC1c1ccc2c(c1)OCCCO2. The third-order valence-corrected chi connectivity index (χ3v) is 6.06. The minimum Gasteiger partial charge on any atom is -0.490 e. The molecule has 31 heavy (non-hydrogen) atoms. The molecule has 1 saturated heterocycles. The molecule has 2 aliphatic rings. The molecule has 0 N–H and O–H groups in total. The van der Waals surface area contributed by atoms with Crippen LogP contribution in [0.15, 0.2) is 47.5 Å². The minimum absolute atomic E-state index is 0.0526. The fourth-order valence-corrected chi connectivity index (χ4v) is 4.45. The number of benzene rings is 2. The standard InChI is InChI=1S/C23H22ClN3O4/c24-16-5-6-18-17(12-16)23(29)26(14-25-18)13-22(28)27-8-1-3-19(27)15-4-7-20-21(11-15)31-10-2-9-30-20/h4-7,11-12,14,19H,1-3,8-10,13H2. The molecule has 7 nitrogen and oxygen atoms in total. The van der Waals surface area contributed by atoms with Crippen LogP contribution < -0.4 is 15.0 Å². The summed E-state index contributed by atoms with van der Waals surface area (Å²) >= 11 is 6.03. The molecule has 5 rings (SSSR count). The molecule has 0 spiro atoms. The van der Waals surface area contributed by atoms with E-state index in [0.29, 0.717) is 35.7 Å². The third kappa shape index (κ3) is 3.85. The van der Waals surface area contributed by atoms with Crippen molar-refractivity contribution in [1.29, 1.82) is 0 Å². The van der Waals surface area contributed by atoms with Crippen LogP contribution in [0.4, 0.5) is 0 Å². The van der Waals surface area contributed by atoms with Crippen LogP contribution in [0.2, 0.25) is 5.02 Å². The van der Waals surface area contributed by atoms with E-state index in [2.05, 4.69) is 4.98 Å². The summed E-state index contributed by atoms with van der Waals surface area (Å²) in [6.07, 6.45) is 4.05. The molecule has 8 heteroatoms. The monoisotopic (exact) mass is 439 g/mol. The van der Waals surface area contributed by atoms with Crippen LogP contribution >= 0.6 is 11.6 Å². The van der Waals surface area contributed by atoms with Gasteiger partial charge in [0, 0.05) is 18.0 Å². The number of nitrogens with zero attached hydrogens (tertiary/aromatic N) is 3. The molecule has 3 aromatic rings. The van der Waals surface area contributed by atoms with Crippen LogP contribution in [0.5, 0.6) is 11.5 Å². The van der Waals surface area contributed by atoms with Gasteiger partial charge in [-0.1, -0.05) is 17.7 Å².